The van der Waals surface area contributed by atoms with Gasteiger partial charge in [-0.2, -0.15) is 5.21 Å². The van der Waals surface area contributed by atoms with Crippen LogP contribution in [0.25, 0.3) is 0 Å². The zero-order valence-corrected chi connectivity index (χ0v) is 11.5. The van der Waals surface area contributed by atoms with E-state index in [1.54, 1.807) is 11.3 Å². The molecule has 7 heteroatoms. The van der Waals surface area contributed by atoms with Gasteiger partial charge in [0, 0.05) is 14.7 Å². The molecule has 1 fully saturated rings. The van der Waals surface area contributed by atoms with Crippen LogP contribution in [0.3, 0.4) is 0 Å². The summed E-state index contributed by atoms with van der Waals surface area (Å²) < 4.78 is 1.12. The number of aromatic nitrogens is 4. The molecule has 3 rings (SSSR count). The molecule has 1 aliphatic heterocycles. The summed E-state index contributed by atoms with van der Waals surface area (Å²) in [5.41, 5.74) is -0.0745. The Morgan fingerprint density at radius 2 is 2.18 bits per heavy atom. The first kappa shape index (κ1) is 11.3. The number of piperidine rings is 1. The molecule has 3 heterocycles. The molecule has 5 nitrogen and oxygen atoms in total. The molecular weight excluding hydrogens is 302 g/mol. The monoisotopic (exact) mass is 313 g/mol. The van der Waals surface area contributed by atoms with Crippen LogP contribution in [0, 0.1) is 0 Å². The smallest absolute Gasteiger partial charge is 0.185 e. The van der Waals surface area contributed by atoms with E-state index in [0.717, 1.165) is 36.2 Å². The van der Waals surface area contributed by atoms with Gasteiger partial charge < -0.3 is 5.32 Å². The summed E-state index contributed by atoms with van der Waals surface area (Å²) in [4.78, 5) is 1.31. The van der Waals surface area contributed by atoms with Gasteiger partial charge in [0.25, 0.3) is 0 Å². The van der Waals surface area contributed by atoms with Crippen LogP contribution in [0.1, 0.15) is 23.5 Å². The number of tetrazole rings is 1. The second-order valence-electron chi connectivity index (χ2n) is 4.20. The predicted octanol–water partition coefficient (Wildman–Crippen LogP) is 1.69. The topological polar surface area (TPSA) is 66.5 Å². The molecule has 2 N–H and O–H groups in total. The van der Waals surface area contributed by atoms with Gasteiger partial charge in [0.15, 0.2) is 5.82 Å². The maximum absolute atomic E-state index is 4.21. The first-order valence-corrected chi connectivity index (χ1v) is 7.18. The van der Waals surface area contributed by atoms with E-state index in [4.69, 9.17) is 0 Å². The minimum absolute atomic E-state index is 0.0745. The van der Waals surface area contributed by atoms with Crippen LogP contribution in [0.15, 0.2) is 15.9 Å². The van der Waals surface area contributed by atoms with Crippen LogP contribution in [0.4, 0.5) is 0 Å². The minimum atomic E-state index is -0.0745. The van der Waals surface area contributed by atoms with E-state index in [9.17, 15) is 0 Å². The molecule has 0 spiro atoms. The normalized spacial score (nSPS) is 19.4. The van der Waals surface area contributed by atoms with E-state index in [1.165, 1.54) is 4.88 Å². The van der Waals surface area contributed by atoms with Crippen molar-refractivity contribution in [2.24, 2.45) is 0 Å². The Morgan fingerprint density at radius 1 is 1.35 bits per heavy atom. The molecule has 0 radical (unpaired) electrons. The maximum atomic E-state index is 4.21. The van der Waals surface area contributed by atoms with Crippen molar-refractivity contribution < 1.29 is 0 Å². The van der Waals surface area contributed by atoms with Gasteiger partial charge in [0.1, 0.15) is 0 Å². The van der Waals surface area contributed by atoms with Gasteiger partial charge in [0.2, 0.25) is 0 Å². The number of nitrogens with zero attached hydrogens (tertiary/aromatic N) is 3. The highest BCUT2D eigenvalue weighted by atomic mass is 79.9. The molecule has 0 saturated carbocycles. The van der Waals surface area contributed by atoms with Crippen LogP contribution in [-0.4, -0.2) is 33.7 Å². The zero-order chi connectivity index (χ0) is 11.7. The predicted molar refractivity (Wildman–Crippen MR) is 69.1 cm³/mol. The van der Waals surface area contributed by atoms with Crippen LogP contribution in [-0.2, 0) is 5.41 Å². The van der Waals surface area contributed by atoms with Gasteiger partial charge in [-0.3, -0.25) is 0 Å². The van der Waals surface area contributed by atoms with Crippen molar-refractivity contribution in [1.82, 2.24) is 25.9 Å². The highest BCUT2D eigenvalue weighted by Gasteiger charge is 2.40. The molecule has 2 aromatic rings. The average molecular weight is 314 g/mol. The van der Waals surface area contributed by atoms with Crippen molar-refractivity contribution in [2.45, 2.75) is 18.3 Å². The van der Waals surface area contributed by atoms with Gasteiger partial charge in [-0.05, 0) is 47.9 Å². The number of H-pyrrole nitrogens is 1. The maximum Gasteiger partial charge on any atom is 0.185 e. The van der Waals surface area contributed by atoms with Crippen molar-refractivity contribution in [3.63, 3.8) is 0 Å². The minimum Gasteiger partial charge on any atom is -0.317 e. The zero-order valence-electron chi connectivity index (χ0n) is 9.11. The highest BCUT2D eigenvalue weighted by molar-refractivity contribution is 9.10. The van der Waals surface area contributed by atoms with Gasteiger partial charge in [-0.25, -0.2) is 0 Å². The van der Waals surface area contributed by atoms with Crippen molar-refractivity contribution in [1.29, 1.82) is 0 Å². The van der Waals surface area contributed by atoms with Crippen LogP contribution >= 0.6 is 27.3 Å². The Kier molecular flexibility index (Phi) is 2.97. The second-order valence-corrected chi connectivity index (χ2v) is 6.02. The lowest BCUT2D eigenvalue weighted by atomic mass is 9.77. The summed E-state index contributed by atoms with van der Waals surface area (Å²) in [7, 11) is 0. The molecule has 0 aliphatic carbocycles. The Balaban J connectivity index is 2.07. The molecule has 0 unspecified atom stereocenters. The van der Waals surface area contributed by atoms with Gasteiger partial charge in [-0.1, -0.05) is 5.21 Å². The standard InChI is InChI=1S/C10H12BrN5S/c11-7-5-8(17-6-7)10(1-3-12-4-2-10)9-13-15-16-14-9/h5-6,12H,1-4H2,(H,13,14,15,16). The fourth-order valence-electron chi connectivity index (χ4n) is 2.36. The number of halogens is 1. The van der Waals surface area contributed by atoms with E-state index >= 15 is 0 Å². The second kappa shape index (κ2) is 4.47. The van der Waals surface area contributed by atoms with Crippen molar-refractivity contribution in [3.05, 3.63) is 26.6 Å². The molecule has 0 aromatic carbocycles. The molecule has 0 bridgehead atoms. The van der Waals surface area contributed by atoms with E-state index in [1.807, 2.05) is 0 Å². The molecule has 1 aliphatic rings. The molecule has 2 aromatic heterocycles. The number of aromatic amines is 1. The quantitative estimate of drug-likeness (QED) is 0.885. The molecule has 17 heavy (non-hydrogen) atoms. The first-order valence-electron chi connectivity index (χ1n) is 5.50. The summed E-state index contributed by atoms with van der Waals surface area (Å²) in [5, 5.41) is 20.2. The number of nitrogens with one attached hydrogen (secondary N) is 2. The van der Waals surface area contributed by atoms with E-state index in [0.29, 0.717) is 0 Å². The summed E-state index contributed by atoms with van der Waals surface area (Å²) in [6.45, 7) is 1.98. The third-order valence-electron chi connectivity index (χ3n) is 3.27. The lowest BCUT2D eigenvalue weighted by Crippen LogP contribution is -2.41. The van der Waals surface area contributed by atoms with Crippen molar-refractivity contribution in [2.75, 3.05) is 13.1 Å². The van der Waals surface area contributed by atoms with Crippen LogP contribution < -0.4 is 5.32 Å². The Hall–Kier alpha value is -0.790. The van der Waals surface area contributed by atoms with Gasteiger partial charge >= 0.3 is 0 Å². The van der Waals surface area contributed by atoms with Gasteiger partial charge in [0.05, 0.1) is 5.41 Å². The number of hydrogen-bond donors (Lipinski definition) is 2. The molecule has 0 atom stereocenters. The summed E-state index contributed by atoms with van der Waals surface area (Å²) in [6.07, 6.45) is 2.03. The number of rotatable bonds is 2. The molecule has 1 saturated heterocycles. The lowest BCUT2D eigenvalue weighted by molar-refractivity contribution is 0.351. The Bertz CT molecular complexity index is 489. The third-order valence-corrected chi connectivity index (χ3v) is 5.16. The first-order chi connectivity index (χ1) is 8.31. The van der Waals surface area contributed by atoms with Crippen molar-refractivity contribution in [3.8, 4) is 0 Å². The largest absolute Gasteiger partial charge is 0.317 e. The summed E-state index contributed by atoms with van der Waals surface area (Å²) in [5.74, 6) is 0.813. The van der Waals surface area contributed by atoms with Gasteiger partial charge in [-0.15, -0.1) is 21.5 Å². The number of hydrogen-bond acceptors (Lipinski definition) is 5. The molecular formula is C10H12BrN5S. The third kappa shape index (κ3) is 1.92. The van der Waals surface area contributed by atoms with E-state index in [-0.39, 0.29) is 5.41 Å². The fraction of sp³-hybridized carbons (Fsp3) is 0.500. The lowest BCUT2D eigenvalue weighted by Gasteiger charge is -2.33. The fourth-order valence-corrected chi connectivity index (χ4v) is 4.05. The number of thiophene rings is 1. The van der Waals surface area contributed by atoms with E-state index < -0.39 is 0 Å². The summed E-state index contributed by atoms with van der Waals surface area (Å²) in [6, 6.07) is 2.17. The molecule has 0 amide bonds. The van der Waals surface area contributed by atoms with Crippen molar-refractivity contribution >= 4 is 27.3 Å². The highest BCUT2D eigenvalue weighted by Crippen LogP contribution is 2.41. The molecule has 90 valence electrons. The Labute approximate surface area is 111 Å². The van der Waals surface area contributed by atoms with Crippen LogP contribution in [0.5, 0.6) is 0 Å². The average Bonchev–Trinajstić information content (AvgIpc) is 3.01. The van der Waals surface area contributed by atoms with Crippen LogP contribution in [0.2, 0.25) is 0 Å². The van der Waals surface area contributed by atoms with E-state index in [2.05, 4.69) is 53.3 Å². The Morgan fingerprint density at radius 3 is 2.76 bits per heavy atom. The SMILES string of the molecule is Brc1csc(C2(c3nn[nH]n3)CCNCC2)c1. The summed E-state index contributed by atoms with van der Waals surface area (Å²) >= 11 is 5.27.